The van der Waals surface area contributed by atoms with Gasteiger partial charge >= 0.3 is 0 Å². The summed E-state index contributed by atoms with van der Waals surface area (Å²) in [7, 11) is -3.45. The van der Waals surface area contributed by atoms with Gasteiger partial charge in [0.1, 0.15) is 0 Å². The molecule has 6 heteroatoms. The van der Waals surface area contributed by atoms with Gasteiger partial charge < -0.3 is 5.32 Å². The van der Waals surface area contributed by atoms with Gasteiger partial charge in [0.05, 0.1) is 30.6 Å². The highest BCUT2D eigenvalue weighted by Gasteiger charge is 2.33. The fraction of sp³-hybridized carbons (Fsp3) is 0.357. The molecule has 0 bridgehead atoms. The van der Waals surface area contributed by atoms with Gasteiger partial charge in [-0.2, -0.15) is 4.31 Å². The Bertz CT molecular complexity index is 725. The quantitative estimate of drug-likeness (QED) is 0.859. The predicted octanol–water partition coefficient (Wildman–Crippen LogP) is 0.191. The summed E-state index contributed by atoms with van der Waals surface area (Å²) in [6.45, 7) is 4.15. The zero-order valence-electron chi connectivity index (χ0n) is 11.4. The van der Waals surface area contributed by atoms with E-state index in [4.69, 9.17) is 0 Å². The molecule has 1 aromatic heterocycles. The molecule has 20 heavy (non-hydrogen) atoms. The van der Waals surface area contributed by atoms with Crippen LogP contribution in [-0.2, 0) is 10.0 Å². The van der Waals surface area contributed by atoms with Crippen molar-refractivity contribution in [2.24, 2.45) is 0 Å². The molecule has 5 nitrogen and oxygen atoms in total. The third kappa shape index (κ3) is 2.19. The summed E-state index contributed by atoms with van der Waals surface area (Å²) < 4.78 is 27.4. The van der Waals surface area contributed by atoms with Gasteiger partial charge in [-0.05, 0) is 19.1 Å². The second-order valence-corrected chi connectivity index (χ2v) is 6.99. The Hall–Kier alpha value is -1.50. The Morgan fingerprint density at radius 1 is 1.35 bits per heavy atom. The van der Waals surface area contributed by atoms with E-state index in [1.807, 2.05) is 13.0 Å². The maximum atomic E-state index is 12.9. The van der Waals surface area contributed by atoms with Crippen LogP contribution in [-0.4, -0.2) is 43.4 Å². The van der Waals surface area contributed by atoms with Crippen LogP contribution < -0.4 is 5.32 Å². The van der Waals surface area contributed by atoms with Crippen molar-refractivity contribution in [2.75, 3.05) is 19.6 Å². The van der Waals surface area contributed by atoms with Crippen molar-refractivity contribution in [3.63, 3.8) is 0 Å². The molecule has 106 valence electrons. The number of pyridine rings is 1. The van der Waals surface area contributed by atoms with Gasteiger partial charge in [-0.15, -0.1) is 0 Å². The molecule has 0 radical (unpaired) electrons. The van der Waals surface area contributed by atoms with E-state index >= 15 is 0 Å². The van der Waals surface area contributed by atoms with Crippen molar-refractivity contribution < 1.29 is 13.7 Å². The summed E-state index contributed by atoms with van der Waals surface area (Å²) in [5.74, 6) is 0. The predicted molar refractivity (Wildman–Crippen MR) is 76.8 cm³/mol. The molecule has 0 unspecified atom stereocenters. The van der Waals surface area contributed by atoms with Crippen molar-refractivity contribution in [2.45, 2.75) is 17.9 Å². The van der Waals surface area contributed by atoms with E-state index < -0.39 is 10.0 Å². The van der Waals surface area contributed by atoms with Crippen LogP contribution in [0.15, 0.2) is 41.6 Å². The second-order valence-electron chi connectivity index (χ2n) is 5.13. The number of nitrogens with two attached hydrogens (primary N) is 1. The lowest BCUT2D eigenvalue weighted by Crippen LogP contribution is -2.91. The largest absolute Gasteiger partial charge is 0.344 e. The number of sulfonamides is 1. The summed E-state index contributed by atoms with van der Waals surface area (Å²) in [6.07, 6.45) is 3.33. The first-order valence-electron chi connectivity index (χ1n) is 6.77. The third-order valence-electron chi connectivity index (χ3n) is 3.78. The van der Waals surface area contributed by atoms with E-state index in [2.05, 4.69) is 10.3 Å². The number of fused-ring (bicyclic) bond motifs is 1. The zero-order chi connectivity index (χ0) is 14.2. The number of rotatable bonds is 2. The third-order valence-corrected chi connectivity index (χ3v) is 5.85. The Balaban J connectivity index is 2.14. The molecule has 0 spiro atoms. The molecule has 1 fully saturated rings. The fourth-order valence-corrected chi connectivity index (χ4v) is 4.59. The van der Waals surface area contributed by atoms with Gasteiger partial charge in [0, 0.05) is 23.2 Å². The highest BCUT2D eigenvalue weighted by molar-refractivity contribution is 7.89. The van der Waals surface area contributed by atoms with Crippen molar-refractivity contribution in [3.05, 3.63) is 36.7 Å². The van der Waals surface area contributed by atoms with Crippen molar-refractivity contribution in [1.29, 1.82) is 0 Å². The molecular weight excluding hydrogens is 274 g/mol. The topological polar surface area (TPSA) is 66.9 Å². The van der Waals surface area contributed by atoms with Crippen LogP contribution in [0.2, 0.25) is 0 Å². The summed E-state index contributed by atoms with van der Waals surface area (Å²) in [5.41, 5.74) is 0. The van der Waals surface area contributed by atoms with Crippen LogP contribution in [0.25, 0.3) is 10.8 Å². The first-order valence-corrected chi connectivity index (χ1v) is 8.21. The van der Waals surface area contributed by atoms with E-state index in [0.29, 0.717) is 11.4 Å². The number of benzene rings is 1. The van der Waals surface area contributed by atoms with Gasteiger partial charge in [-0.1, -0.05) is 12.1 Å². The van der Waals surface area contributed by atoms with Gasteiger partial charge in [-0.25, -0.2) is 8.42 Å². The van der Waals surface area contributed by atoms with Gasteiger partial charge in [0.25, 0.3) is 0 Å². The van der Waals surface area contributed by atoms with Crippen LogP contribution in [0.4, 0.5) is 0 Å². The molecule has 1 atom stereocenters. The normalized spacial score (nSPS) is 21.1. The lowest BCUT2D eigenvalue weighted by atomic mass is 10.2. The molecular formula is C14H18N3O2S+. The highest BCUT2D eigenvalue weighted by atomic mass is 32.2. The molecule has 3 rings (SSSR count). The summed E-state index contributed by atoms with van der Waals surface area (Å²) in [5, 5.41) is 3.75. The van der Waals surface area contributed by atoms with Crippen molar-refractivity contribution >= 4 is 20.8 Å². The zero-order valence-corrected chi connectivity index (χ0v) is 12.2. The first-order chi connectivity index (χ1) is 9.60. The Morgan fingerprint density at radius 2 is 2.20 bits per heavy atom. The van der Waals surface area contributed by atoms with Crippen LogP contribution in [0, 0.1) is 0 Å². The molecule has 1 aliphatic rings. The van der Waals surface area contributed by atoms with Crippen LogP contribution in [0.3, 0.4) is 0 Å². The molecule has 1 aromatic carbocycles. The fourth-order valence-electron chi connectivity index (χ4n) is 2.72. The molecule has 0 aliphatic carbocycles. The molecule has 2 heterocycles. The lowest BCUT2D eigenvalue weighted by molar-refractivity contribution is -0.666. The average Bonchev–Trinajstić information content (AvgIpc) is 2.47. The summed E-state index contributed by atoms with van der Waals surface area (Å²) in [4.78, 5) is 4.43. The molecule has 1 saturated heterocycles. The standard InChI is InChI=1S/C14H17N3O2S/c1-11-9-16-7-8-17(11)20(18,19)14-4-2-3-12-10-15-6-5-13(12)14/h2-6,10-11,16H,7-9H2,1H3/p+1/t11-/m0/s1. The van der Waals surface area contributed by atoms with E-state index in [1.54, 1.807) is 34.9 Å². The highest BCUT2D eigenvalue weighted by Crippen LogP contribution is 2.26. The number of quaternary nitrogens is 1. The minimum Gasteiger partial charge on any atom is -0.344 e. The smallest absolute Gasteiger partial charge is 0.244 e. The maximum Gasteiger partial charge on any atom is 0.244 e. The van der Waals surface area contributed by atoms with Crippen LogP contribution in [0.5, 0.6) is 0 Å². The second kappa shape index (κ2) is 5.12. The van der Waals surface area contributed by atoms with Gasteiger partial charge in [0.15, 0.2) is 0 Å². The molecule has 2 N–H and O–H groups in total. The SMILES string of the molecule is C[C@H]1C[NH2+]CCN1S(=O)(=O)c1cccc2cnccc12. The van der Waals surface area contributed by atoms with E-state index in [1.165, 1.54) is 0 Å². The average molecular weight is 292 g/mol. The lowest BCUT2D eigenvalue weighted by Gasteiger charge is -2.30. The minimum absolute atomic E-state index is 0.0193. The maximum absolute atomic E-state index is 12.9. The molecule has 1 aliphatic heterocycles. The Kier molecular flexibility index (Phi) is 3.45. The van der Waals surface area contributed by atoms with Gasteiger partial charge in [-0.3, -0.25) is 4.98 Å². The first kappa shape index (κ1) is 13.5. The number of piperazine rings is 1. The number of hydrogen-bond donors (Lipinski definition) is 1. The van der Waals surface area contributed by atoms with E-state index in [-0.39, 0.29) is 6.04 Å². The Morgan fingerprint density at radius 3 is 3.00 bits per heavy atom. The number of hydrogen-bond acceptors (Lipinski definition) is 3. The van der Waals surface area contributed by atoms with Crippen molar-refractivity contribution in [3.8, 4) is 0 Å². The minimum atomic E-state index is -3.45. The number of nitrogens with zero attached hydrogens (tertiary/aromatic N) is 2. The molecule has 2 aromatic rings. The van der Waals surface area contributed by atoms with Crippen LogP contribution in [0.1, 0.15) is 6.92 Å². The Labute approximate surface area is 118 Å². The molecule has 0 amide bonds. The van der Waals surface area contributed by atoms with Crippen LogP contribution >= 0.6 is 0 Å². The summed E-state index contributed by atoms with van der Waals surface area (Å²) >= 11 is 0. The summed E-state index contributed by atoms with van der Waals surface area (Å²) in [6, 6.07) is 7.13. The van der Waals surface area contributed by atoms with E-state index in [9.17, 15) is 8.42 Å². The number of aromatic nitrogens is 1. The van der Waals surface area contributed by atoms with Gasteiger partial charge in [0.2, 0.25) is 10.0 Å². The van der Waals surface area contributed by atoms with Crippen molar-refractivity contribution in [1.82, 2.24) is 9.29 Å². The monoisotopic (exact) mass is 292 g/mol. The molecule has 0 saturated carbocycles. The van der Waals surface area contributed by atoms with E-state index in [0.717, 1.165) is 23.9 Å².